The fraction of sp³-hybridized carbons (Fsp3) is 0.360. The van der Waals surface area contributed by atoms with E-state index in [0.29, 0.717) is 12.4 Å². The average Bonchev–Trinajstić information content (AvgIpc) is 3.40. The predicted molar refractivity (Wildman–Crippen MR) is 134 cm³/mol. The number of nitrogens with zero attached hydrogens (tertiary/aromatic N) is 3. The number of amides is 1. The van der Waals surface area contributed by atoms with Crippen LogP contribution in [-0.2, 0) is 23.1 Å². The average molecular weight is 467 g/mol. The number of fused-ring (bicyclic) bond motifs is 2. The molecule has 33 heavy (non-hydrogen) atoms. The predicted octanol–water partition coefficient (Wildman–Crippen LogP) is 4.16. The van der Waals surface area contributed by atoms with Gasteiger partial charge in [0, 0.05) is 32.3 Å². The van der Waals surface area contributed by atoms with Crippen LogP contribution in [0.15, 0.2) is 54.7 Å². The van der Waals surface area contributed by atoms with Gasteiger partial charge in [0.2, 0.25) is 0 Å². The van der Waals surface area contributed by atoms with Gasteiger partial charge in [-0.3, -0.25) is 4.79 Å². The van der Waals surface area contributed by atoms with Crippen molar-refractivity contribution in [2.75, 3.05) is 32.3 Å². The molecule has 1 amide bonds. The van der Waals surface area contributed by atoms with Crippen molar-refractivity contribution in [3.05, 3.63) is 60.6 Å². The van der Waals surface area contributed by atoms with E-state index in [1.807, 2.05) is 61.8 Å². The molecule has 8 heteroatoms. The lowest BCUT2D eigenvalue weighted by atomic mass is 10.2. The second-order valence-electron chi connectivity index (χ2n) is 7.90. The van der Waals surface area contributed by atoms with E-state index in [9.17, 15) is 4.79 Å². The first-order valence-electron chi connectivity index (χ1n) is 11.0. The van der Waals surface area contributed by atoms with Crippen molar-refractivity contribution in [2.45, 2.75) is 19.0 Å². The summed E-state index contributed by atoms with van der Waals surface area (Å²) in [7, 11) is 3.69. The van der Waals surface area contributed by atoms with E-state index in [2.05, 4.69) is 20.7 Å². The summed E-state index contributed by atoms with van der Waals surface area (Å²) in [5.74, 6) is 2.31. The largest absolute Gasteiger partial charge is 0.483 e. The summed E-state index contributed by atoms with van der Waals surface area (Å²) in [4.78, 5) is 17.7. The highest BCUT2D eigenvalue weighted by molar-refractivity contribution is 7.98. The van der Waals surface area contributed by atoms with Crippen LogP contribution >= 0.6 is 11.8 Å². The molecule has 0 bridgehead atoms. The van der Waals surface area contributed by atoms with Gasteiger partial charge in [0.05, 0.1) is 29.2 Å². The Hall–Kier alpha value is -2.97. The standard InChI is InChI=1S/C25H30N4O3S/c1-28-22-8-5-4-7-19(22)27-25(28)20(12-16-33-3)26-24(30)17-32-23-10-6-9-21-18(23)11-13-29(21)14-15-31-2/h4-11,13,20H,12,14-17H2,1-3H3,(H,26,30)/t20-/m1/s1. The van der Waals surface area contributed by atoms with Crippen LogP contribution in [0.25, 0.3) is 21.9 Å². The minimum absolute atomic E-state index is 0.0535. The molecule has 0 aliphatic carbocycles. The van der Waals surface area contributed by atoms with Crippen molar-refractivity contribution in [1.82, 2.24) is 19.4 Å². The summed E-state index contributed by atoms with van der Waals surface area (Å²) in [6, 6.07) is 15.7. The van der Waals surface area contributed by atoms with Crippen LogP contribution in [0.4, 0.5) is 0 Å². The van der Waals surface area contributed by atoms with E-state index in [1.54, 1.807) is 18.9 Å². The van der Waals surface area contributed by atoms with E-state index in [4.69, 9.17) is 14.5 Å². The van der Waals surface area contributed by atoms with Gasteiger partial charge in [-0.05, 0) is 48.8 Å². The van der Waals surface area contributed by atoms with Crippen molar-refractivity contribution in [3.8, 4) is 5.75 Å². The number of ether oxygens (including phenoxy) is 2. The van der Waals surface area contributed by atoms with E-state index in [-0.39, 0.29) is 18.6 Å². The number of carbonyl (C=O) groups excluding carboxylic acids is 1. The van der Waals surface area contributed by atoms with Gasteiger partial charge in [-0.25, -0.2) is 4.98 Å². The lowest BCUT2D eigenvalue weighted by Crippen LogP contribution is -2.34. The van der Waals surface area contributed by atoms with Crippen molar-refractivity contribution >= 4 is 39.6 Å². The molecule has 4 rings (SSSR count). The number of carbonyl (C=O) groups is 1. The van der Waals surface area contributed by atoms with Crippen LogP contribution in [0.3, 0.4) is 0 Å². The molecule has 0 aliphatic heterocycles. The number of para-hydroxylation sites is 2. The summed E-state index contributed by atoms with van der Waals surface area (Å²) in [5.41, 5.74) is 3.04. The number of benzene rings is 2. The minimum Gasteiger partial charge on any atom is -0.483 e. The summed E-state index contributed by atoms with van der Waals surface area (Å²) >= 11 is 1.75. The van der Waals surface area contributed by atoms with Crippen LogP contribution in [0.5, 0.6) is 5.75 Å². The SMILES string of the molecule is COCCn1ccc2c(OCC(=O)N[C@H](CCSC)c3nc4ccccc4n3C)cccc21. The van der Waals surface area contributed by atoms with Crippen LogP contribution in [0.1, 0.15) is 18.3 Å². The Bertz CT molecular complexity index is 1230. The normalized spacial score (nSPS) is 12.3. The summed E-state index contributed by atoms with van der Waals surface area (Å²) in [6.07, 6.45) is 4.87. The molecule has 1 N–H and O–H groups in total. The van der Waals surface area contributed by atoms with Crippen LogP contribution in [0.2, 0.25) is 0 Å². The summed E-state index contributed by atoms with van der Waals surface area (Å²) < 4.78 is 15.3. The number of hydrogen-bond donors (Lipinski definition) is 1. The van der Waals surface area contributed by atoms with E-state index in [0.717, 1.165) is 46.5 Å². The highest BCUT2D eigenvalue weighted by atomic mass is 32.2. The third-order valence-electron chi connectivity index (χ3n) is 5.75. The van der Waals surface area contributed by atoms with Crippen LogP contribution in [-0.4, -0.2) is 52.4 Å². The molecule has 0 unspecified atom stereocenters. The van der Waals surface area contributed by atoms with Gasteiger partial charge in [0.1, 0.15) is 11.6 Å². The highest BCUT2D eigenvalue weighted by Gasteiger charge is 2.21. The molecule has 0 radical (unpaired) electrons. The van der Waals surface area contributed by atoms with Crippen molar-refractivity contribution in [1.29, 1.82) is 0 Å². The Labute approximate surface area is 198 Å². The second kappa shape index (κ2) is 10.8. The Morgan fingerprint density at radius 3 is 2.76 bits per heavy atom. The molecule has 4 aromatic rings. The Kier molecular flexibility index (Phi) is 7.57. The number of methoxy groups -OCH3 is 1. The molecule has 7 nitrogen and oxygen atoms in total. The highest BCUT2D eigenvalue weighted by Crippen LogP contribution is 2.27. The summed E-state index contributed by atoms with van der Waals surface area (Å²) in [6.45, 7) is 1.35. The number of aryl methyl sites for hydroxylation is 1. The number of aromatic nitrogens is 3. The van der Waals surface area contributed by atoms with Gasteiger partial charge in [-0.2, -0.15) is 11.8 Å². The maximum absolute atomic E-state index is 12.9. The van der Waals surface area contributed by atoms with Crippen molar-refractivity contribution < 1.29 is 14.3 Å². The molecule has 2 heterocycles. The first-order chi connectivity index (χ1) is 16.1. The number of thioether (sulfide) groups is 1. The van der Waals surface area contributed by atoms with Gasteiger partial charge in [-0.1, -0.05) is 18.2 Å². The number of nitrogens with one attached hydrogen (secondary N) is 1. The van der Waals surface area contributed by atoms with Crippen LogP contribution < -0.4 is 10.1 Å². The Balaban J connectivity index is 1.47. The Morgan fingerprint density at radius 2 is 1.97 bits per heavy atom. The maximum atomic E-state index is 12.9. The van der Waals surface area contributed by atoms with E-state index >= 15 is 0 Å². The lowest BCUT2D eigenvalue weighted by molar-refractivity contribution is -0.123. The van der Waals surface area contributed by atoms with Crippen molar-refractivity contribution in [2.24, 2.45) is 7.05 Å². The fourth-order valence-corrected chi connectivity index (χ4v) is 4.53. The van der Waals surface area contributed by atoms with E-state index in [1.165, 1.54) is 0 Å². The number of hydrogen-bond acceptors (Lipinski definition) is 5. The zero-order valence-electron chi connectivity index (χ0n) is 19.3. The third kappa shape index (κ3) is 5.17. The fourth-order valence-electron chi connectivity index (χ4n) is 4.06. The molecule has 2 aromatic heterocycles. The summed E-state index contributed by atoms with van der Waals surface area (Å²) in [5, 5.41) is 4.12. The zero-order valence-corrected chi connectivity index (χ0v) is 20.1. The van der Waals surface area contributed by atoms with Gasteiger partial charge in [0.25, 0.3) is 5.91 Å². The number of imidazole rings is 1. The van der Waals surface area contributed by atoms with Crippen LogP contribution in [0, 0.1) is 0 Å². The molecule has 0 fully saturated rings. The molecule has 2 aromatic carbocycles. The first-order valence-corrected chi connectivity index (χ1v) is 12.4. The monoisotopic (exact) mass is 466 g/mol. The smallest absolute Gasteiger partial charge is 0.258 e. The molecular formula is C25H30N4O3S. The van der Waals surface area contributed by atoms with Gasteiger partial charge >= 0.3 is 0 Å². The second-order valence-corrected chi connectivity index (χ2v) is 8.88. The molecule has 174 valence electrons. The Morgan fingerprint density at radius 1 is 1.15 bits per heavy atom. The molecule has 1 atom stereocenters. The van der Waals surface area contributed by atoms with Crippen molar-refractivity contribution in [3.63, 3.8) is 0 Å². The quantitative estimate of drug-likeness (QED) is 0.359. The lowest BCUT2D eigenvalue weighted by Gasteiger charge is -2.19. The molecule has 0 spiro atoms. The van der Waals surface area contributed by atoms with E-state index < -0.39 is 0 Å². The third-order valence-corrected chi connectivity index (χ3v) is 6.39. The maximum Gasteiger partial charge on any atom is 0.258 e. The van der Waals surface area contributed by atoms with Gasteiger partial charge < -0.3 is 23.9 Å². The van der Waals surface area contributed by atoms with Gasteiger partial charge in [0.15, 0.2) is 6.61 Å². The molecule has 0 saturated heterocycles. The number of rotatable bonds is 11. The zero-order chi connectivity index (χ0) is 23.2. The molecule has 0 aliphatic rings. The topological polar surface area (TPSA) is 70.3 Å². The first kappa shape index (κ1) is 23.2. The molecule has 0 saturated carbocycles. The molecular weight excluding hydrogens is 436 g/mol. The minimum atomic E-state index is -0.183. The van der Waals surface area contributed by atoms with Gasteiger partial charge in [-0.15, -0.1) is 0 Å².